The van der Waals surface area contributed by atoms with Crippen molar-refractivity contribution in [2.75, 3.05) is 52.7 Å². The minimum absolute atomic E-state index is 0.103. The highest BCUT2D eigenvalue weighted by atomic mass is 16.5. The minimum Gasteiger partial charge on any atom is -0.507 e. The highest BCUT2D eigenvalue weighted by molar-refractivity contribution is 6.04. The molecule has 4 N–H and O–H groups in total. The van der Waals surface area contributed by atoms with Gasteiger partial charge < -0.3 is 35.1 Å². The summed E-state index contributed by atoms with van der Waals surface area (Å²) >= 11 is 0. The third kappa shape index (κ3) is 7.99. The summed E-state index contributed by atoms with van der Waals surface area (Å²) in [5.74, 6) is -0.962. The number of phenolic OH excluding ortho intramolecular Hbond substituents is 2. The van der Waals surface area contributed by atoms with Gasteiger partial charge in [0.1, 0.15) is 11.5 Å². The second-order valence-corrected chi connectivity index (χ2v) is 11.1. The van der Waals surface area contributed by atoms with Crippen LogP contribution in [-0.2, 0) is 27.1 Å². The van der Waals surface area contributed by atoms with Crippen LogP contribution in [-0.4, -0.2) is 74.8 Å². The molecule has 1 aliphatic heterocycles. The number of fused-ring (bicyclic) bond motifs is 8. The molecule has 4 aromatic carbocycles. The third-order valence-corrected chi connectivity index (χ3v) is 7.84. The van der Waals surface area contributed by atoms with Gasteiger partial charge in [-0.3, -0.25) is 9.59 Å². The predicted octanol–water partition coefficient (Wildman–Crippen LogP) is 5.05. The molecule has 0 saturated heterocycles. The number of amides is 2. The zero-order chi connectivity index (χ0) is 31.6. The Balaban J connectivity index is 1.46. The molecule has 0 fully saturated rings. The van der Waals surface area contributed by atoms with E-state index in [0.717, 1.165) is 21.5 Å². The van der Waals surface area contributed by atoms with Crippen LogP contribution in [0, 0.1) is 0 Å². The van der Waals surface area contributed by atoms with Crippen LogP contribution in [0.2, 0.25) is 0 Å². The summed E-state index contributed by atoms with van der Waals surface area (Å²) < 4.78 is 16.7. The van der Waals surface area contributed by atoms with Gasteiger partial charge in [0, 0.05) is 37.4 Å². The van der Waals surface area contributed by atoms with Crippen LogP contribution < -0.4 is 10.6 Å². The van der Waals surface area contributed by atoms with Crippen LogP contribution in [0.1, 0.15) is 44.7 Å². The number of ether oxygens (including phenoxy) is 3. The second-order valence-electron chi connectivity index (χ2n) is 11.1. The first-order valence-corrected chi connectivity index (χ1v) is 15.4. The Morgan fingerprint density at radius 3 is 1.44 bits per heavy atom. The molecule has 45 heavy (non-hydrogen) atoms. The van der Waals surface area contributed by atoms with Crippen LogP contribution >= 0.6 is 0 Å². The predicted molar refractivity (Wildman–Crippen MR) is 174 cm³/mol. The van der Waals surface area contributed by atoms with Gasteiger partial charge in [-0.15, -0.1) is 0 Å². The number of benzene rings is 4. The summed E-state index contributed by atoms with van der Waals surface area (Å²) in [6.07, 6.45) is 1.74. The Hall–Kier alpha value is -4.44. The van der Waals surface area contributed by atoms with Gasteiger partial charge in [0.15, 0.2) is 0 Å². The van der Waals surface area contributed by atoms with Crippen molar-refractivity contribution in [3.8, 4) is 11.5 Å². The second kappa shape index (κ2) is 15.5. The van der Waals surface area contributed by atoms with Crippen molar-refractivity contribution in [3.63, 3.8) is 0 Å². The van der Waals surface area contributed by atoms with Crippen molar-refractivity contribution in [2.24, 2.45) is 0 Å². The van der Waals surface area contributed by atoms with E-state index in [0.29, 0.717) is 82.3 Å². The molecule has 2 amide bonds. The number of rotatable bonds is 0. The van der Waals surface area contributed by atoms with Gasteiger partial charge in [0.2, 0.25) is 0 Å². The van der Waals surface area contributed by atoms with E-state index in [4.69, 9.17) is 14.2 Å². The van der Waals surface area contributed by atoms with Crippen molar-refractivity contribution in [2.45, 2.75) is 25.7 Å². The Bertz CT molecular complexity index is 1560. The molecule has 4 aromatic rings. The highest BCUT2D eigenvalue weighted by Crippen LogP contribution is 2.36. The molecule has 1 heterocycles. The molecule has 0 spiro atoms. The van der Waals surface area contributed by atoms with Crippen molar-refractivity contribution in [1.82, 2.24) is 10.6 Å². The number of carbonyl (C=O) groups excluding carboxylic acids is 2. The summed E-state index contributed by atoms with van der Waals surface area (Å²) in [6, 6.07) is 18.5. The number of nitrogens with one attached hydrogen (secondary N) is 2. The van der Waals surface area contributed by atoms with E-state index in [1.807, 2.05) is 48.5 Å². The van der Waals surface area contributed by atoms with Crippen molar-refractivity contribution < 1.29 is 34.0 Å². The largest absolute Gasteiger partial charge is 0.507 e. The van der Waals surface area contributed by atoms with Gasteiger partial charge in [0.25, 0.3) is 11.8 Å². The standard InChI is InChI=1S/C36H40N2O7/c1-24-20-29-27-10-4-2-8-25(27)22-31(33(29)39)35(41)37-12-6-14-43-16-18-45-19-17-44-15-7-13-38-36(42)32-23-26-9-3-5-11-28(26)30(21-24)34(32)40/h2-5,8-11,22-23,39-40H,1,6-7,12-21H2,(H,37,41)(H,38,42). The lowest BCUT2D eigenvalue weighted by Crippen LogP contribution is -2.26. The van der Waals surface area contributed by atoms with Gasteiger partial charge in [0.05, 0.1) is 37.6 Å². The van der Waals surface area contributed by atoms with Crippen molar-refractivity contribution in [3.05, 3.63) is 95.1 Å². The van der Waals surface area contributed by atoms with E-state index < -0.39 is 0 Å². The Labute approximate surface area is 262 Å². The quantitative estimate of drug-likeness (QED) is 0.205. The summed E-state index contributed by atoms with van der Waals surface area (Å²) in [5.41, 5.74) is 2.22. The first kappa shape index (κ1) is 32.0. The van der Waals surface area contributed by atoms with Crippen LogP contribution in [0.5, 0.6) is 11.5 Å². The number of hydrogen-bond donors (Lipinski definition) is 4. The van der Waals surface area contributed by atoms with Gasteiger partial charge >= 0.3 is 0 Å². The molecule has 4 bridgehead atoms. The van der Waals surface area contributed by atoms with E-state index in [9.17, 15) is 19.8 Å². The first-order chi connectivity index (χ1) is 21.9. The molecule has 9 nitrogen and oxygen atoms in total. The Morgan fingerprint density at radius 2 is 1.00 bits per heavy atom. The third-order valence-electron chi connectivity index (χ3n) is 7.84. The zero-order valence-corrected chi connectivity index (χ0v) is 25.4. The van der Waals surface area contributed by atoms with E-state index in [1.165, 1.54) is 0 Å². The molecule has 0 unspecified atom stereocenters. The van der Waals surface area contributed by atoms with Crippen molar-refractivity contribution >= 4 is 33.4 Å². The fourth-order valence-corrected chi connectivity index (χ4v) is 5.57. The maximum Gasteiger partial charge on any atom is 0.255 e. The fourth-order valence-electron chi connectivity index (χ4n) is 5.57. The SMILES string of the molecule is C=C1Cc2c(O)c(cc3ccccc23)C(=O)NCCCOCCOCCOCCCNC(=O)c2cc3ccccc3c(c2O)C1. The van der Waals surface area contributed by atoms with Crippen LogP contribution in [0.4, 0.5) is 0 Å². The first-order valence-electron chi connectivity index (χ1n) is 15.4. The number of phenols is 2. The van der Waals surface area contributed by atoms with Crippen molar-refractivity contribution in [1.29, 1.82) is 0 Å². The summed E-state index contributed by atoms with van der Waals surface area (Å²) in [6.45, 7) is 7.73. The molecule has 0 aromatic heterocycles. The number of aromatic hydroxyl groups is 2. The average Bonchev–Trinajstić information content (AvgIpc) is 3.04. The lowest BCUT2D eigenvalue weighted by molar-refractivity contribution is 0.0139. The Kier molecular flexibility index (Phi) is 11.0. The van der Waals surface area contributed by atoms with Crippen LogP contribution in [0.15, 0.2) is 72.8 Å². The van der Waals surface area contributed by atoms with E-state index in [-0.39, 0.29) is 47.3 Å². The van der Waals surface area contributed by atoms with Gasteiger partial charge in [-0.25, -0.2) is 0 Å². The lowest BCUT2D eigenvalue weighted by atomic mass is 9.90. The number of allylic oxidation sites excluding steroid dienone is 1. The highest BCUT2D eigenvalue weighted by Gasteiger charge is 2.21. The monoisotopic (exact) mass is 612 g/mol. The molecular formula is C36H40N2O7. The van der Waals surface area contributed by atoms with Crippen LogP contribution in [0.25, 0.3) is 21.5 Å². The molecular weight excluding hydrogens is 572 g/mol. The van der Waals surface area contributed by atoms with E-state index in [2.05, 4.69) is 17.2 Å². The zero-order valence-electron chi connectivity index (χ0n) is 25.4. The number of carbonyl (C=O) groups is 2. The molecule has 236 valence electrons. The lowest BCUT2D eigenvalue weighted by Gasteiger charge is -2.17. The van der Waals surface area contributed by atoms with Gasteiger partial charge in [-0.2, -0.15) is 0 Å². The van der Waals surface area contributed by atoms with Crippen LogP contribution in [0.3, 0.4) is 0 Å². The summed E-state index contributed by atoms with van der Waals surface area (Å²) in [4.78, 5) is 26.4. The summed E-state index contributed by atoms with van der Waals surface area (Å²) in [7, 11) is 0. The minimum atomic E-state index is -0.378. The van der Waals surface area contributed by atoms with E-state index >= 15 is 0 Å². The molecule has 9 heteroatoms. The molecule has 1 aliphatic rings. The topological polar surface area (TPSA) is 126 Å². The number of hydrogen-bond acceptors (Lipinski definition) is 7. The molecule has 0 saturated carbocycles. The summed E-state index contributed by atoms with van der Waals surface area (Å²) in [5, 5.41) is 31.8. The molecule has 5 rings (SSSR count). The maximum atomic E-state index is 13.2. The molecule has 0 aliphatic carbocycles. The Morgan fingerprint density at radius 1 is 0.600 bits per heavy atom. The average molecular weight is 613 g/mol. The maximum absolute atomic E-state index is 13.2. The van der Waals surface area contributed by atoms with Gasteiger partial charge in [-0.05, 0) is 59.4 Å². The van der Waals surface area contributed by atoms with E-state index in [1.54, 1.807) is 12.1 Å². The molecule has 0 atom stereocenters. The smallest absolute Gasteiger partial charge is 0.255 e. The normalized spacial score (nSPS) is 17.1. The molecule has 0 radical (unpaired) electrons. The van der Waals surface area contributed by atoms with Gasteiger partial charge in [-0.1, -0.05) is 60.7 Å². The fraction of sp³-hybridized carbons (Fsp3) is 0.333.